The molecule has 1 aliphatic heterocycles. The highest BCUT2D eigenvalue weighted by Crippen LogP contribution is 2.25. The van der Waals surface area contributed by atoms with E-state index in [0.717, 1.165) is 25.5 Å². The number of carbonyl (C=O) groups excluding carboxylic acids is 1. The summed E-state index contributed by atoms with van der Waals surface area (Å²) in [5.41, 5.74) is 0.332. The Morgan fingerprint density at radius 2 is 2.29 bits per heavy atom. The lowest BCUT2D eigenvalue weighted by Crippen LogP contribution is -2.37. The van der Waals surface area contributed by atoms with Crippen molar-refractivity contribution in [3.63, 3.8) is 0 Å². The zero-order valence-electron chi connectivity index (χ0n) is 15.7. The Hall–Kier alpha value is -2.94. The highest BCUT2D eigenvalue weighted by atomic mass is 16.6. The smallest absolute Gasteiger partial charge is 0.415 e. The molecule has 0 aromatic carbocycles. The number of unbranched alkanes of at least 4 members (excludes halogenated alkanes) is 1. The molecule has 0 saturated carbocycles. The summed E-state index contributed by atoms with van der Waals surface area (Å²) in [6.07, 6.45) is 4.70. The van der Waals surface area contributed by atoms with Crippen molar-refractivity contribution in [2.75, 3.05) is 31.3 Å². The van der Waals surface area contributed by atoms with Crippen molar-refractivity contribution in [3.05, 3.63) is 30.3 Å². The molecule has 3 rings (SSSR count). The van der Waals surface area contributed by atoms with Gasteiger partial charge in [-0.25, -0.2) is 19.6 Å². The van der Waals surface area contributed by atoms with Crippen LogP contribution in [0.4, 0.5) is 10.6 Å². The van der Waals surface area contributed by atoms with Crippen molar-refractivity contribution in [3.8, 4) is 11.5 Å². The molecule has 1 amide bonds. The van der Waals surface area contributed by atoms with Crippen molar-refractivity contribution in [1.29, 1.82) is 0 Å². The second-order valence-electron chi connectivity index (χ2n) is 6.55. The van der Waals surface area contributed by atoms with Crippen LogP contribution in [0.5, 0.6) is 0 Å². The maximum absolute atomic E-state index is 12.7. The Bertz CT molecular complexity index is 816. The number of nitrogens with zero attached hydrogens (tertiary/aromatic N) is 3. The minimum atomic E-state index is -1.17. The van der Waals surface area contributed by atoms with Crippen LogP contribution in [-0.2, 0) is 9.47 Å². The summed E-state index contributed by atoms with van der Waals surface area (Å²) in [6.45, 7) is 4.04. The van der Waals surface area contributed by atoms with Gasteiger partial charge in [0.15, 0.2) is 5.69 Å². The van der Waals surface area contributed by atoms with Crippen LogP contribution in [0.2, 0.25) is 0 Å². The van der Waals surface area contributed by atoms with Crippen LogP contribution in [0.1, 0.15) is 36.7 Å². The number of aromatic carboxylic acids is 1. The zero-order valence-corrected chi connectivity index (χ0v) is 15.7. The molecule has 0 aliphatic carbocycles. The zero-order chi connectivity index (χ0) is 19.9. The molecule has 1 atom stereocenters. The van der Waals surface area contributed by atoms with Crippen LogP contribution in [0.25, 0.3) is 11.5 Å². The Morgan fingerprint density at radius 3 is 2.96 bits per heavy atom. The third-order valence-electron chi connectivity index (χ3n) is 4.40. The first-order chi connectivity index (χ1) is 13.6. The van der Waals surface area contributed by atoms with Gasteiger partial charge in [-0.05, 0) is 25.0 Å². The van der Waals surface area contributed by atoms with Gasteiger partial charge in [0, 0.05) is 30.8 Å². The van der Waals surface area contributed by atoms with Crippen molar-refractivity contribution in [2.45, 2.75) is 26.2 Å². The summed E-state index contributed by atoms with van der Waals surface area (Å²) in [6, 6.07) is 3.27. The standard InChI is InChI=1S/C19H23N3O6/c1-2-3-7-27-19(25)22(10-13-5-8-26-11-13)16-9-14(4-6-20-16)17-21-15(12-28-17)18(23)24/h4,6,9,12-13H,2-3,5,7-8,10-11H2,1H3,(H,23,24). The van der Waals surface area contributed by atoms with Gasteiger partial charge in [0.05, 0.1) is 13.2 Å². The fraction of sp³-hybridized carbons (Fsp3) is 0.474. The fourth-order valence-electron chi connectivity index (χ4n) is 2.83. The molecule has 9 heteroatoms. The average Bonchev–Trinajstić information content (AvgIpc) is 3.38. The fourth-order valence-corrected chi connectivity index (χ4v) is 2.83. The molecule has 1 fully saturated rings. The first-order valence-electron chi connectivity index (χ1n) is 9.25. The largest absolute Gasteiger partial charge is 0.476 e. The van der Waals surface area contributed by atoms with E-state index in [0.29, 0.717) is 37.7 Å². The predicted molar refractivity (Wildman–Crippen MR) is 99.2 cm³/mol. The normalized spacial score (nSPS) is 16.1. The molecule has 28 heavy (non-hydrogen) atoms. The molecular weight excluding hydrogens is 366 g/mol. The van der Waals surface area contributed by atoms with Crippen LogP contribution < -0.4 is 4.90 Å². The monoisotopic (exact) mass is 389 g/mol. The number of pyridine rings is 1. The second kappa shape index (κ2) is 9.32. The minimum absolute atomic E-state index is 0.143. The van der Waals surface area contributed by atoms with Crippen LogP contribution in [-0.4, -0.2) is 53.5 Å². The SMILES string of the molecule is CCCCOC(=O)N(CC1CCOC1)c1cc(-c2nc(C(=O)O)co2)ccn1. The lowest BCUT2D eigenvalue weighted by molar-refractivity contribution is 0.0690. The van der Waals surface area contributed by atoms with Crippen molar-refractivity contribution in [2.24, 2.45) is 5.92 Å². The number of amides is 1. The summed E-state index contributed by atoms with van der Waals surface area (Å²) in [5, 5.41) is 9.01. The van der Waals surface area contributed by atoms with E-state index in [-0.39, 0.29) is 17.5 Å². The van der Waals surface area contributed by atoms with Gasteiger partial charge >= 0.3 is 12.1 Å². The molecule has 0 bridgehead atoms. The van der Waals surface area contributed by atoms with Gasteiger partial charge in [-0.1, -0.05) is 13.3 Å². The number of carbonyl (C=O) groups is 2. The van der Waals surface area contributed by atoms with Gasteiger partial charge in [-0.3, -0.25) is 4.90 Å². The van der Waals surface area contributed by atoms with Gasteiger partial charge < -0.3 is 19.0 Å². The number of carboxylic acids is 1. The maximum atomic E-state index is 12.7. The molecular formula is C19H23N3O6. The summed E-state index contributed by atoms with van der Waals surface area (Å²) < 4.78 is 16.0. The molecule has 2 aromatic heterocycles. The Morgan fingerprint density at radius 1 is 1.43 bits per heavy atom. The first-order valence-corrected chi connectivity index (χ1v) is 9.25. The topological polar surface area (TPSA) is 115 Å². The van der Waals surface area contributed by atoms with E-state index in [2.05, 4.69) is 9.97 Å². The molecule has 1 unspecified atom stereocenters. The molecule has 1 saturated heterocycles. The minimum Gasteiger partial charge on any atom is -0.476 e. The van der Waals surface area contributed by atoms with Crippen molar-refractivity contribution in [1.82, 2.24) is 9.97 Å². The number of hydrogen-bond donors (Lipinski definition) is 1. The van der Waals surface area contributed by atoms with Gasteiger partial charge in [-0.15, -0.1) is 0 Å². The van der Waals surface area contributed by atoms with Crippen LogP contribution in [0.15, 0.2) is 29.0 Å². The average molecular weight is 389 g/mol. The third-order valence-corrected chi connectivity index (χ3v) is 4.40. The van der Waals surface area contributed by atoms with E-state index in [1.807, 2.05) is 6.92 Å². The van der Waals surface area contributed by atoms with Gasteiger partial charge in [0.25, 0.3) is 0 Å². The van der Waals surface area contributed by atoms with Crippen LogP contribution in [0, 0.1) is 5.92 Å². The molecule has 1 N–H and O–H groups in total. The van der Waals surface area contributed by atoms with E-state index in [1.165, 1.54) is 11.1 Å². The second-order valence-corrected chi connectivity index (χ2v) is 6.55. The Kier molecular flexibility index (Phi) is 6.59. The number of hydrogen-bond acceptors (Lipinski definition) is 7. The number of rotatable bonds is 8. The quantitative estimate of drug-likeness (QED) is 0.684. The lowest BCUT2D eigenvalue weighted by Gasteiger charge is -2.24. The van der Waals surface area contributed by atoms with Crippen LogP contribution in [0.3, 0.4) is 0 Å². The van der Waals surface area contributed by atoms with E-state index in [4.69, 9.17) is 19.0 Å². The highest BCUT2D eigenvalue weighted by Gasteiger charge is 2.26. The van der Waals surface area contributed by atoms with Gasteiger partial charge in [0.1, 0.15) is 12.1 Å². The number of anilines is 1. The number of ether oxygens (including phenoxy) is 2. The maximum Gasteiger partial charge on any atom is 0.415 e. The van der Waals surface area contributed by atoms with Crippen LogP contribution >= 0.6 is 0 Å². The van der Waals surface area contributed by atoms with E-state index >= 15 is 0 Å². The van der Waals surface area contributed by atoms with Gasteiger partial charge in [-0.2, -0.15) is 0 Å². The Balaban J connectivity index is 1.83. The molecule has 9 nitrogen and oxygen atoms in total. The predicted octanol–water partition coefficient (Wildman–Crippen LogP) is 3.21. The van der Waals surface area contributed by atoms with Crippen molar-refractivity contribution < 1.29 is 28.6 Å². The molecule has 150 valence electrons. The summed E-state index contributed by atoms with van der Waals surface area (Å²) in [4.78, 5) is 33.4. The third kappa shape index (κ3) is 4.86. The Labute approximate surface area is 162 Å². The molecule has 2 aromatic rings. The molecule has 3 heterocycles. The first kappa shape index (κ1) is 19.8. The lowest BCUT2D eigenvalue weighted by atomic mass is 10.1. The summed E-state index contributed by atoms with van der Waals surface area (Å²) >= 11 is 0. The van der Waals surface area contributed by atoms with E-state index in [1.54, 1.807) is 12.1 Å². The molecule has 0 radical (unpaired) electrons. The summed E-state index contributed by atoms with van der Waals surface area (Å²) in [5.74, 6) is -0.443. The number of aromatic nitrogens is 2. The molecule has 1 aliphatic rings. The number of oxazole rings is 1. The highest BCUT2D eigenvalue weighted by molar-refractivity contribution is 5.87. The molecule has 0 spiro atoms. The summed E-state index contributed by atoms with van der Waals surface area (Å²) in [7, 11) is 0. The van der Waals surface area contributed by atoms with Crippen molar-refractivity contribution >= 4 is 17.9 Å². The van der Waals surface area contributed by atoms with E-state index < -0.39 is 12.1 Å². The van der Waals surface area contributed by atoms with E-state index in [9.17, 15) is 9.59 Å². The number of carboxylic acid groups (broad SMARTS) is 1. The van der Waals surface area contributed by atoms with Gasteiger partial charge in [0.2, 0.25) is 5.89 Å².